The molecule has 5 rings (SSSR count). The number of Topliss-reactive ketones (excluding diaryl/α,β-unsaturated/α-hetero) is 2. The van der Waals surface area contributed by atoms with Crippen LogP contribution in [-0.2, 0) is 20.9 Å². The van der Waals surface area contributed by atoms with Crippen LogP contribution in [0.4, 0.5) is 4.39 Å². The molecule has 0 bridgehead atoms. The fourth-order valence-corrected chi connectivity index (χ4v) is 7.87. The number of aliphatic hydroxyl groups is 4. The summed E-state index contributed by atoms with van der Waals surface area (Å²) in [5.41, 5.74) is 1.59. The number of nitrogens with two attached hydrogens (primary N) is 1. The Hall–Kier alpha value is -2.85. The predicted molar refractivity (Wildman–Crippen MR) is 157 cm³/mol. The van der Waals surface area contributed by atoms with E-state index >= 15 is 0 Å². The highest BCUT2D eigenvalue weighted by molar-refractivity contribution is 14.1. The van der Waals surface area contributed by atoms with Gasteiger partial charge in [0.05, 0.1) is 23.6 Å². The molecule has 2 unspecified atom stereocenters. The molecule has 2 fully saturated rings. The number of hydrogen-bond acceptors (Lipinski definition) is 10. The summed E-state index contributed by atoms with van der Waals surface area (Å²) in [6.45, 7) is 5.21. The summed E-state index contributed by atoms with van der Waals surface area (Å²) < 4.78 is 14.1. The van der Waals surface area contributed by atoms with Gasteiger partial charge in [0.2, 0.25) is 5.78 Å². The molecule has 1 aromatic carbocycles. The summed E-state index contributed by atoms with van der Waals surface area (Å²) in [6.07, 6.45) is -1.90. The Kier molecular flexibility index (Phi) is 7.80. The van der Waals surface area contributed by atoms with Crippen molar-refractivity contribution >= 4 is 45.8 Å². The second-order valence-corrected chi connectivity index (χ2v) is 13.1. The zero-order chi connectivity index (χ0) is 31.0. The van der Waals surface area contributed by atoms with Crippen molar-refractivity contribution in [3.05, 3.63) is 55.9 Å². The van der Waals surface area contributed by atoms with E-state index in [1.54, 1.807) is 12.1 Å². The number of phenolic OH excluding ortho intramolecular Hbond substituents is 1. The molecule has 7 N–H and O–H groups in total. The van der Waals surface area contributed by atoms with Gasteiger partial charge in [-0.05, 0) is 58.7 Å². The molecule has 0 radical (unpaired) electrons. The van der Waals surface area contributed by atoms with Gasteiger partial charge in [0.1, 0.15) is 29.0 Å². The molecule has 1 aliphatic heterocycles. The Balaban J connectivity index is 1.72. The number of carbonyl (C=O) groups excluding carboxylic acids is 3. The number of nitrogens with zero attached hydrogens (tertiary/aromatic N) is 2. The Bertz CT molecular complexity index is 1470. The van der Waals surface area contributed by atoms with Gasteiger partial charge in [-0.25, -0.2) is 4.39 Å². The number of likely N-dealkylation sites (N-methyl/N-ethyl adjacent to an activating group) is 1. The van der Waals surface area contributed by atoms with E-state index in [0.717, 1.165) is 0 Å². The van der Waals surface area contributed by atoms with Gasteiger partial charge in [-0.1, -0.05) is 18.7 Å². The zero-order valence-electron chi connectivity index (χ0n) is 23.0. The lowest BCUT2D eigenvalue weighted by Gasteiger charge is -2.54. The van der Waals surface area contributed by atoms with Crippen LogP contribution in [0, 0.1) is 11.8 Å². The van der Waals surface area contributed by atoms with Gasteiger partial charge in [-0.3, -0.25) is 24.2 Å². The quantitative estimate of drug-likeness (QED) is 0.194. The third-order valence-corrected chi connectivity index (χ3v) is 9.80. The Morgan fingerprint density at radius 2 is 1.83 bits per heavy atom. The van der Waals surface area contributed by atoms with E-state index in [9.17, 15) is 44.3 Å². The Morgan fingerprint density at radius 1 is 1.21 bits per heavy atom. The number of halogens is 2. The number of benzene rings is 1. The van der Waals surface area contributed by atoms with Crippen LogP contribution in [0.5, 0.6) is 5.75 Å². The van der Waals surface area contributed by atoms with Gasteiger partial charge in [0.25, 0.3) is 5.91 Å². The monoisotopic (exact) mass is 697 g/mol. The first kappa shape index (κ1) is 30.6. The maximum Gasteiger partial charge on any atom is 0.255 e. The fraction of sp³-hybridized carbons (Fsp3) is 0.483. The van der Waals surface area contributed by atoms with Crippen molar-refractivity contribution in [2.75, 3.05) is 27.2 Å². The minimum absolute atomic E-state index is 0.0980. The number of likely N-dealkylation sites (tertiary alicyclic amines) is 1. The van der Waals surface area contributed by atoms with Crippen LogP contribution in [0.2, 0.25) is 0 Å². The van der Waals surface area contributed by atoms with Crippen molar-refractivity contribution in [1.82, 2.24) is 9.80 Å². The van der Waals surface area contributed by atoms with E-state index in [0.29, 0.717) is 40.6 Å². The minimum Gasteiger partial charge on any atom is -0.508 e. The van der Waals surface area contributed by atoms with Crippen molar-refractivity contribution in [3.8, 4) is 5.75 Å². The van der Waals surface area contributed by atoms with Crippen molar-refractivity contribution in [2.45, 2.75) is 49.2 Å². The molecular weight excluding hydrogens is 664 g/mol. The maximum atomic E-state index is 14.2. The molecule has 1 saturated heterocycles. The first-order valence-corrected chi connectivity index (χ1v) is 14.6. The topological polar surface area (TPSA) is 185 Å². The largest absolute Gasteiger partial charge is 0.508 e. The first-order chi connectivity index (χ1) is 19.6. The lowest BCUT2D eigenvalue weighted by Crippen LogP contribution is -2.70. The lowest BCUT2D eigenvalue weighted by molar-refractivity contribution is -0.169. The smallest absolute Gasteiger partial charge is 0.255 e. The van der Waals surface area contributed by atoms with Gasteiger partial charge >= 0.3 is 0 Å². The summed E-state index contributed by atoms with van der Waals surface area (Å²) >= 11 is 1.92. The lowest BCUT2D eigenvalue weighted by atomic mass is 9.54. The normalized spacial score (nSPS) is 32.1. The fourth-order valence-electron chi connectivity index (χ4n) is 7.15. The van der Waals surface area contributed by atoms with E-state index in [1.165, 1.54) is 19.0 Å². The number of alkyl halides is 1. The number of phenols is 1. The predicted octanol–water partition coefficient (Wildman–Crippen LogP) is 1.36. The molecule has 6 atom stereocenters. The number of aromatic hydroxyl groups is 1. The van der Waals surface area contributed by atoms with Crippen LogP contribution in [0.15, 0.2) is 39.2 Å². The molecule has 0 spiro atoms. The number of hydrogen-bond donors (Lipinski definition) is 6. The van der Waals surface area contributed by atoms with Crippen LogP contribution in [0.1, 0.15) is 35.4 Å². The highest BCUT2D eigenvalue weighted by Crippen LogP contribution is 2.58. The number of fused-ring (bicyclic) bond motifs is 3. The maximum absolute atomic E-state index is 14.2. The second-order valence-electron chi connectivity index (χ2n) is 11.7. The molecule has 11 nitrogen and oxygen atoms in total. The van der Waals surface area contributed by atoms with Gasteiger partial charge in [-0.15, -0.1) is 0 Å². The standard InChI is InChI=1S/C29H33FIN3O8/c1-11(31)15-14-5-4-12(10-34-8-6-13(30)7-9-34)22(35)16(14)23(36)18-17(15)24(37)20-21(33(2)3)25(38)19(28(32)41)27(40)29(20,42)26(18)39/h4-5,13,15,17,20-21,24,35-37,40,42H,1,6-10H2,2-3H3,(H2,32,41)/t15-,17?,20?,21-,24-,29-/m0/s1. The summed E-state index contributed by atoms with van der Waals surface area (Å²) in [5.74, 6) is -9.66. The molecule has 226 valence electrons. The minimum atomic E-state index is -3.00. The number of carbonyl (C=O) groups is 3. The van der Waals surface area contributed by atoms with E-state index in [2.05, 4.69) is 6.58 Å². The van der Waals surface area contributed by atoms with Crippen LogP contribution < -0.4 is 5.73 Å². The second kappa shape index (κ2) is 10.7. The van der Waals surface area contributed by atoms with Crippen LogP contribution in [-0.4, -0.2) is 104 Å². The first-order valence-electron chi connectivity index (χ1n) is 13.5. The van der Waals surface area contributed by atoms with Crippen LogP contribution >= 0.6 is 22.6 Å². The van der Waals surface area contributed by atoms with Crippen molar-refractivity contribution in [3.63, 3.8) is 0 Å². The Labute approximate surface area is 254 Å². The van der Waals surface area contributed by atoms with Crippen LogP contribution in [0.25, 0.3) is 5.76 Å². The van der Waals surface area contributed by atoms with Crippen LogP contribution in [0.3, 0.4) is 0 Å². The molecule has 1 heterocycles. The van der Waals surface area contributed by atoms with Crippen molar-refractivity contribution in [2.24, 2.45) is 17.6 Å². The highest BCUT2D eigenvalue weighted by atomic mass is 127. The highest BCUT2D eigenvalue weighted by Gasteiger charge is 2.68. The molecule has 13 heteroatoms. The summed E-state index contributed by atoms with van der Waals surface area (Å²) in [7, 11) is 2.90. The van der Waals surface area contributed by atoms with E-state index < -0.39 is 81.8 Å². The third kappa shape index (κ3) is 4.31. The molecule has 1 saturated carbocycles. The van der Waals surface area contributed by atoms with E-state index in [-0.39, 0.29) is 17.9 Å². The molecule has 4 aliphatic rings. The molecule has 42 heavy (non-hydrogen) atoms. The molecule has 0 aromatic heterocycles. The van der Waals surface area contributed by atoms with Gasteiger partial charge in [0, 0.05) is 42.6 Å². The summed E-state index contributed by atoms with van der Waals surface area (Å²) in [4.78, 5) is 43.1. The SMILES string of the molecule is C=C(I)[C@H]1c2ccc(CN3CCC(F)CC3)c(O)c2C(O)=C2C(=O)[C@]3(O)C(O)=C(C(N)=O)C(=O)[C@@H](N(C)C)C3[C@@H](O)C21. The average molecular weight is 697 g/mol. The number of primary amides is 1. The number of amides is 1. The zero-order valence-corrected chi connectivity index (χ0v) is 25.2. The number of allylic oxidation sites excluding steroid dienone is 1. The van der Waals surface area contributed by atoms with Gasteiger partial charge in [0.15, 0.2) is 11.4 Å². The Morgan fingerprint density at radius 3 is 2.38 bits per heavy atom. The summed E-state index contributed by atoms with van der Waals surface area (Å²) in [6, 6.07) is 1.88. The number of ketones is 2. The van der Waals surface area contributed by atoms with Gasteiger partial charge < -0.3 is 31.3 Å². The molecular formula is C29H33FIN3O8. The number of aliphatic hydroxyl groups excluding tert-OH is 3. The van der Waals surface area contributed by atoms with E-state index in [1.807, 2.05) is 27.5 Å². The van der Waals surface area contributed by atoms with E-state index in [4.69, 9.17) is 5.73 Å². The molecule has 1 amide bonds. The van der Waals surface area contributed by atoms with Crippen molar-refractivity contribution < 1.29 is 44.3 Å². The molecule has 3 aliphatic carbocycles. The van der Waals surface area contributed by atoms with Gasteiger partial charge in [-0.2, -0.15) is 0 Å². The number of piperidine rings is 1. The van der Waals surface area contributed by atoms with Crippen molar-refractivity contribution in [1.29, 1.82) is 0 Å². The number of rotatable bonds is 5. The summed E-state index contributed by atoms with van der Waals surface area (Å²) in [5, 5.41) is 57.8. The molecule has 1 aromatic rings. The average Bonchev–Trinajstić information content (AvgIpc) is 2.90. The third-order valence-electron chi connectivity index (χ3n) is 9.13.